The van der Waals surface area contributed by atoms with Crippen molar-refractivity contribution in [3.05, 3.63) is 44.8 Å². The lowest BCUT2D eigenvalue weighted by atomic mass is 10.00. The van der Waals surface area contributed by atoms with Gasteiger partial charge in [0.1, 0.15) is 0 Å². The van der Waals surface area contributed by atoms with E-state index in [1.807, 2.05) is 22.7 Å². The molecular formula is C17H23NS2. The second-order valence-electron chi connectivity index (χ2n) is 5.98. The largest absolute Gasteiger partial charge is 0.308 e. The third kappa shape index (κ3) is 3.51. The SMILES string of the molecule is CCCC1(CNC(Cc2cccs2)c2cccs2)CC1. The van der Waals surface area contributed by atoms with E-state index in [-0.39, 0.29) is 0 Å². The summed E-state index contributed by atoms with van der Waals surface area (Å²) in [6.45, 7) is 3.50. The van der Waals surface area contributed by atoms with Crippen molar-refractivity contribution < 1.29 is 0 Å². The van der Waals surface area contributed by atoms with Crippen molar-refractivity contribution in [3.8, 4) is 0 Å². The number of rotatable bonds is 8. The lowest BCUT2D eigenvalue weighted by Crippen LogP contribution is -2.29. The molecule has 0 aliphatic heterocycles. The maximum Gasteiger partial charge on any atom is 0.0463 e. The number of thiophene rings is 2. The van der Waals surface area contributed by atoms with Crippen LogP contribution in [0.4, 0.5) is 0 Å². The molecule has 1 nitrogen and oxygen atoms in total. The molecule has 1 unspecified atom stereocenters. The molecule has 1 saturated carbocycles. The third-order valence-electron chi connectivity index (χ3n) is 4.33. The van der Waals surface area contributed by atoms with Gasteiger partial charge in [-0.3, -0.25) is 0 Å². The Morgan fingerprint density at radius 3 is 2.60 bits per heavy atom. The Morgan fingerprint density at radius 2 is 2.00 bits per heavy atom. The molecular weight excluding hydrogens is 282 g/mol. The monoisotopic (exact) mass is 305 g/mol. The first-order chi connectivity index (χ1) is 9.81. The molecule has 0 radical (unpaired) electrons. The van der Waals surface area contributed by atoms with E-state index in [0.717, 1.165) is 6.42 Å². The fourth-order valence-corrected chi connectivity index (χ4v) is 4.51. The van der Waals surface area contributed by atoms with Gasteiger partial charge in [-0.2, -0.15) is 0 Å². The summed E-state index contributed by atoms with van der Waals surface area (Å²) in [5, 5.41) is 8.24. The predicted molar refractivity (Wildman–Crippen MR) is 89.7 cm³/mol. The van der Waals surface area contributed by atoms with Crippen LogP contribution in [0.2, 0.25) is 0 Å². The van der Waals surface area contributed by atoms with E-state index in [9.17, 15) is 0 Å². The summed E-state index contributed by atoms with van der Waals surface area (Å²) in [6, 6.07) is 9.34. The Kier molecular flexibility index (Phi) is 4.59. The quantitative estimate of drug-likeness (QED) is 0.701. The van der Waals surface area contributed by atoms with Crippen molar-refractivity contribution in [3.63, 3.8) is 0 Å². The molecule has 0 saturated heterocycles. The predicted octanol–water partition coefficient (Wildman–Crippen LogP) is 5.26. The van der Waals surface area contributed by atoms with E-state index >= 15 is 0 Å². The van der Waals surface area contributed by atoms with Crippen LogP contribution in [-0.4, -0.2) is 6.54 Å². The topological polar surface area (TPSA) is 12.0 Å². The molecule has 2 aromatic rings. The van der Waals surface area contributed by atoms with Gasteiger partial charge in [-0.25, -0.2) is 0 Å². The zero-order valence-corrected chi connectivity index (χ0v) is 13.7. The van der Waals surface area contributed by atoms with E-state index in [0.29, 0.717) is 11.5 Å². The average Bonchev–Trinajstić information content (AvgIpc) is 2.90. The van der Waals surface area contributed by atoms with Crippen LogP contribution in [0, 0.1) is 5.41 Å². The Balaban J connectivity index is 1.63. The molecule has 1 N–H and O–H groups in total. The van der Waals surface area contributed by atoms with Gasteiger partial charge >= 0.3 is 0 Å². The minimum Gasteiger partial charge on any atom is -0.308 e. The molecule has 0 aromatic carbocycles. The van der Waals surface area contributed by atoms with Crippen molar-refractivity contribution in [1.29, 1.82) is 0 Å². The second-order valence-corrected chi connectivity index (χ2v) is 7.99. The van der Waals surface area contributed by atoms with Crippen LogP contribution in [-0.2, 0) is 6.42 Å². The highest BCUT2D eigenvalue weighted by Crippen LogP contribution is 2.49. The molecule has 2 aromatic heterocycles. The Morgan fingerprint density at radius 1 is 1.20 bits per heavy atom. The summed E-state index contributed by atoms with van der Waals surface area (Å²) >= 11 is 3.75. The molecule has 108 valence electrons. The second kappa shape index (κ2) is 6.42. The lowest BCUT2D eigenvalue weighted by molar-refractivity contribution is 0.389. The lowest BCUT2D eigenvalue weighted by Gasteiger charge is -2.21. The molecule has 0 bridgehead atoms. The van der Waals surface area contributed by atoms with Crippen molar-refractivity contribution in [1.82, 2.24) is 5.32 Å². The maximum absolute atomic E-state index is 3.87. The van der Waals surface area contributed by atoms with Crippen LogP contribution in [0.5, 0.6) is 0 Å². The van der Waals surface area contributed by atoms with Gasteiger partial charge < -0.3 is 5.32 Å². The fraction of sp³-hybridized carbons (Fsp3) is 0.529. The Hall–Kier alpha value is -0.640. The summed E-state index contributed by atoms with van der Waals surface area (Å²) in [6.07, 6.45) is 6.67. The van der Waals surface area contributed by atoms with Crippen molar-refractivity contribution in [2.24, 2.45) is 5.41 Å². The van der Waals surface area contributed by atoms with Crippen LogP contribution in [0.15, 0.2) is 35.0 Å². The van der Waals surface area contributed by atoms with Crippen molar-refractivity contribution in [2.75, 3.05) is 6.54 Å². The van der Waals surface area contributed by atoms with E-state index in [1.165, 1.54) is 42.0 Å². The van der Waals surface area contributed by atoms with Crippen LogP contribution in [0.3, 0.4) is 0 Å². The first-order valence-corrected chi connectivity index (χ1v) is 9.36. The molecule has 1 aliphatic rings. The van der Waals surface area contributed by atoms with Gasteiger partial charge in [0.15, 0.2) is 0 Å². The normalized spacial score (nSPS) is 18.1. The van der Waals surface area contributed by atoms with Crippen LogP contribution in [0.25, 0.3) is 0 Å². The third-order valence-corrected chi connectivity index (χ3v) is 6.22. The van der Waals surface area contributed by atoms with Crippen LogP contribution < -0.4 is 5.32 Å². The Bertz CT molecular complexity index is 497. The summed E-state index contributed by atoms with van der Waals surface area (Å²) < 4.78 is 0. The molecule has 0 spiro atoms. The molecule has 1 aliphatic carbocycles. The smallest absolute Gasteiger partial charge is 0.0463 e. The van der Waals surface area contributed by atoms with Crippen molar-refractivity contribution >= 4 is 22.7 Å². The van der Waals surface area contributed by atoms with E-state index in [1.54, 1.807) is 0 Å². The first-order valence-electron chi connectivity index (χ1n) is 7.60. The van der Waals surface area contributed by atoms with Gasteiger partial charge in [-0.15, -0.1) is 22.7 Å². The summed E-state index contributed by atoms with van der Waals surface area (Å²) in [5.41, 5.74) is 0.625. The van der Waals surface area contributed by atoms with Gasteiger partial charge in [0, 0.05) is 28.8 Å². The zero-order valence-electron chi connectivity index (χ0n) is 12.1. The minimum absolute atomic E-state index is 0.489. The van der Waals surface area contributed by atoms with E-state index in [2.05, 4.69) is 47.3 Å². The highest BCUT2D eigenvalue weighted by Gasteiger charge is 2.41. The van der Waals surface area contributed by atoms with E-state index in [4.69, 9.17) is 0 Å². The number of hydrogen-bond donors (Lipinski definition) is 1. The maximum atomic E-state index is 3.87. The van der Waals surface area contributed by atoms with Gasteiger partial charge in [0.05, 0.1) is 0 Å². The zero-order chi connectivity index (χ0) is 13.8. The van der Waals surface area contributed by atoms with Crippen LogP contribution >= 0.6 is 22.7 Å². The number of nitrogens with one attached hydrogen (secondary N) is 1. The minimum atomic E-state index is 0.489. The molecule has 1 atom stereocenters. The summed E-state index contributed by atoms with van der Waals surface area (Å²) in [4.78, 5) is 2.96. The summed E-state index contributed by atoms with van der Waals surface area (Å²) in [5.74, 6) is 0. The van der Waals surface area contributed by atoms with Crippen LogP contribution in [0.1, 0.15) is 48.4 Å². The first kappa shape index (κ1) is 14.3. The highest BCUT2D eigenvalue weighted by molar-refractivity contribution is 7.10. The van der Waals surface area contributed by atoms with Crippen molar-refractivity contribution in [2.45, 2.75) is 45.1 Å². The fourth-order valence-electron chi connectivity index (χ4n) is 2.95. The van der Waals surface area contributed by atoms with Gasteiger partial charge in [0.25, 0.3) is 0 Å². The molecule has 3 rings (SSSR count). The molecule has 2 heterocycles. The molecule has 1 fully saturated rings. The standard InChI is InChI=1S/C17H23NS2/c1-2-7-17(8-9-17)13-18-15(16-6-4-11-20-16)12-14-5-3-10-19-14/h3-6,10-11,15,18H,2,7-9,12-13H2,1H3. The average molecular weight is 306 g/mol. The van der Waals surface area contributed by atoms with E-state index < -0.39 is 0 Å². The summed E-state index contributed by atoms with van der Waals surface area (Å²) in [7, 11) is 0. The number of hydrogen-bond acceptors (Lipinski definition) is 3. The van der Waals surface area contributed by atoms with Gasteiger partial charge in [-0.1, -0.05) is 25.5 Å². The molecule has 20 heavy (non-hydrogen) atoms. The highest BCUT2D eigenvalue weighted by atomic mass is 32.1. The Labute approximate surface area is 130 Å². The molecule has 3 heteroatoms. The van der Waals surface area contributed by atoms with Gasteiger partial charge in [0.2, 0.25) is 0 Å². The molecule has 0 amide bonds. The van der Waals surface area contributed by atoms with Gasteiger partial charge in [-0.05, 0) is 47.6 Å².